The van der Waals surface area contributed by atoms with E-state index >= 15 is 0 Å². The third-order valence-corrected chi connectivity index (χ3v) is 8.66. The fraction of sp³-hybridized carbons (Fsp3) is 0.429. The summed E-state index contributed by atoms with van der Waals surface area (Å²) in [7, 11) is 0. The van der Waals surface area contributed by atoms with Crippen LogP contribution >= 0.6 is 11.6 Å². The molecule has 5 rings (SSSR count). The largest absolute Gasteiger partial charge is 0.490 e. The molecule has 54 heavy (non-hydrogen) atoms. The van der Waals surface area contributed by atoms with Crippen LogP contribution in [-0.2, 0) is 25.5 Å². The highest BCUT2D eigenvalue weighted by Gasteiger charge is 2.38. The van der Waals surface area contributed by atoms with Crippen molar-refractivity contribution in [3.05, 3.63) is 65.3 Å². The second kappa shape index (κ2) is 18.0. The van der Waals surface area contributed by atoms with Crippen LogP contribution in [0.3, 0.4) is 0 Å². The van der Waals surface area contributed by atoms with E-state index in [1.165, 1.54) is 0 Å². The van der Waals surface area contributed by atoms with Crippen LogP contribution < -0.4 is 20.9 Å². The lowest BCUT2D eigenvalue weighted by Crippen LogP contribution is -2.52. The highest BCUT2D eigenvalue weighted by atomic mass is 35.5. The number of primary amides is 1. The van der Waals surface area contributed by atoms with Crippen molar-refractivity contribution in [1.82, 2.24) is 25.9 Å². The fourth-order valence-corrected chi connectivity index (χ4v) is 6.02. The molecule has 0 unspecified atom stereocenters. The number of carbonyl (C=O) groups excluding carboxylic acids is 3. The number of hydrogen-bond acceptors (Lipinski definition) is 10. The molecule has 2 heterocycles. The number of carboxylic acids is 1. The predicted molar refractivity (Wildman–Crippen MR) is 193 cm³/mol. The number of hydrogen-bond donors (Lipinski definition) is 4. The van der Waals surface area contributed by atoms with Gasteiger partial charge in [-0.25, -0.2) is 14.6 Å². The number of carbonyl (C=O) groups is 4. The van der Waals surface area contributed by atoms with Gasteiger partial charge in [-0.05, 0) is 99.5 Å². The molecule has 5 N–H and O–H groups in total. The molecule has 0 radical (unpaired) electrons. The molecule has 1 fully saturated rings. The number of aliphatic carboxylic acids is 1. The van der Waals surface area contributed by atoms with Crippen molar-refractivity contribution in [3.8, 4) is 11.4 Å². The minimum atomic E-state index is -5.08. The van der Waals surface area contributed by atoms with Gasteiger partial charge in [0.25, 0.3) is 0 Å². The van der Waals surface area contributed by atoms with E-state index in [0.717, 1.165) is 24.1 Å². The minimum absolute atomic E-state index is 0.165. The molecule has 0 bridgehead atoms. The van der Waals surface area contributed by atoms with Gasteiger partial charge in [-0.15, -0.1) is 10.2 Å². The number of aromatic amines is 1. The van der Waals surface area contributed by atoms with Gasteiger partial charge in [0.2, 0.25) is 17.6 Å². The van der Waals surface area contributed by atoms with Gasteiger partial charge in [0.15, 0.2) is 0 Å². The molecular formula is C35H41ClF3N9O6. The van der Waals surface area contributed by atoms with Crippen LogP contribution in [-0.4, -0.2) is 86.9 Å². The molecule has 3 amide bonds. The van der Waals surface area contributed by atoms with Gasteiger partial charge in [-0.3, -0.25) is 14.5 Å². The van der Waals surface area contributed by atoms with Crippen LogP contribution in [0.15, 0.2) is 64.8 Å². The lowest BCUT2D eigenvalue weighted by atomic mass is 9.81. The molecule has 2 aromatic carbocycles. The number of amides is 3. The minimum Gasteiger partial charge on any atom is -0.475 e. The second-order valence-corrected chi connectivity index (χ2v) is 14.1. The number of benzene rings is 2. The molecule has 15 nitrogen and oxygen atoms in total. The number of aliphatic imine (C=N–C) groups is 1. The maximum Gasteiger partial charge on any atom is 0.490 e. The molecular weight excluding hydrogens is 735 g/mol. The zero-order chi connectivity index (χ0) is 39.6. The van der Waals surface area contributed by atoms with Crippen molar-refractivity contribution in [2.24, 2.45) is 22.6 Å². The molecule has 1 aliphatic carbocycles. The van der Waals surface area contributed by atoms with Crippen molar-refractivity contribution in [3.63, 3.8) is 0 Å². The monoisotopic (exact) mass is 775 g/mol. The highest BCUT2D eigenvalue weighted by molar-refractivity contribution is 6.30. The number of nitrogens with two attached hydrogens (primary N) is 1. The third-order valence-electron chi connectivity index (χ3n) is 8.44. The second-order valence-electron chi connectivity index (χ2n) is 13.7. The Morgan fingerprint density at radius 3 is 2.20 bits per heavy atom. The third kappa shape index (κ3) is 12.0. The topological polar surface area (TPSA) is 209 Å². The Morgan fingerprint density at radius 1 is 1.06 bits per heavy atom. The number of anilines is 2. The maximum atomic E-state index is 14.3. The number of tetrazole rings is 1. The van der Waals surface area contributed by atoms with Gasteiger partial charge < -0.3 is 25.8 Å². The van der Waals surface area contributed by atoms with Gasteiger partial charge in [-0.1, -0.05) is 23.7 Å². The molecule has 0 spiro atoms. The van der Waals surface area contributed by atoms with Crippen LogP contribution in [0.4, 0.5) is 29.3 Å². The number of ether oxygens (including phenoxy) is 1. The van der Waals surface area contributed by atoms with Gasteiger partial charge in [0, 0.05) is 42.0 Å². The molecule has 1 saturated carbocycles. The van der Waals surface area contributed by atoms with E-state index in [9.17, 15) is 27.6 Å². The summed E-state index contributed by atoms with van der Waals surface area (Å²) in [5, 5.41) is 24.7. The first kappa shape index (κ1) is 41.2. The van der Waals surface area contributed by atoms with Crippen LogP contribution in [0.1, 0.15) is 52.0 Å². The Bertz CT molecular complexity index is 1810. The maximum absolute atomic E-state index is 14.3. The summed E-state index contributed by atoms with van der Waals surface area (Å²) < 4.78 is 37.1. The summed E-state index contributed by atoms with van der Waals surface area (Å²) in [5.41, 5.74) is 8.43. The Balaban J connectivity index is 0.000000845. The first-order valence-corrected chi connectivity index (χ1v) is 17.3. The summed E-state index contributed by atoms with van der Waals surface area (Å²) in [6.07, 6.45) is 0.727. The van der Waals surface area contributed by atoms with Crippen molar-refractivity contribution >= 4 is 53.2 Å². The Morgan fingerprint density at radius 2 is 1.69 bits per heavy atom. The number of rotatable bonds is 10. The van der Waals surface area contributed by atoms with Crippen LogP contribution in [0, 0.1) is 11.8 Å². The molecule has 2 aliphatic rings. The first-order valence-electron chi connectivity index (χ1n) is 16.9. The number of alkyl halides is 3. The first-order chi connectivity index (χ1) is 25.4. The smallest absolute Gasteiger partial charge is 0.475 e. The van der Waals surface area contributed by atoms with Gasteiger partial charge in [-0.2, -0.15) is 18.4 Å². The van der Waals surface area contributed by atoms with E-state index in [-0.39, 0.29) is 24.2 Å². The number of carboxylic acid groups (broad SMARTS) is 1. The zero-order valence-electron chi connectivity index (χ0n) is 29.7. The van der Waals surface area contributed by atoms with E-state index in [1.807, 2.05) is 49.9 Å². The average Bonchev–Trinajstić information content (AvgIpc) is 3.66. The predicted octanol–water partition coefficient (Wildman–Crippen LogP) is 5.19. The van der Waals surface area contributed by atoms with E-state index in [0.29, 0.717) is 48.0 Å². The molecule has 1 atom stereocenters. The Labute approximate surface area is 313 Å². The van der Waals surface area contributed by atoms with Crippen molar-refractivity contribution in [2.75, 3.05) is 22.9 Å². The number of nitrogens with zero attached hydrogens (tertiary/aromatic N) is 6. The number of H-pyrrole nitrogens is 1. The molecule has 0 saturated heterocycles. The molecule has 19 heteroatoms. The summed E-state index contributed by atoms with van der Waals surface area (Å²) in [6, 6.07) is 13.8. The Hall–Kier alpha value is -5.52. The summed E-state index contributed by atoms with van der Waals surface area (Å²) in [6.45, 7) is 6.45. The SMILES string of the molecule is CC(C)(C)OC(=O)NC[C@H]1CC[C@H](C(=O)N(c2ccc(-c3nn[nH]n3)cc2)[C@@H](Cc2ccc(N3C=NC=C(Cl)C3)cc2)C(N)=O)CC1.O=C(O)C(F)(F)F. The number of nitrogens with one attached hydrogen (secondary N) is 2. The summed E-state index contributed by atoms with van der Waals surface area (Å²) >= 11 is 6.16. The number of alkyl carbamates (subject to hydrolysis) is 1. The van der Waals surface area contributed by atoms with Gasteiger partial charge >= 0.3 is 18.2 Å². The van der Waals surface area contributed by atoms with Crippen molar-refractivity contribution in [2.45, 2.75) is 70.7 Å². The van der Waals surface area contributed by atoms with Crippen molar-refractivity contribution in [1.29, 1.82) is 0 Å². The molecule has 290 valence electrons. The van der Waals surface area contributed by atoms with Crippen LogP contribution in [0.2, 0.25) is 0 Å². The number of halogens is 4. The average molecular weight is 776 g/mol. The Kier molecular flexibility index (Phi) is 13.7. The summed E-state index contributed by atoms with van der Waals surface area (Å²) in [5.74, 6) is -3.22. The van der Waals surface area contributed by atoms with Gasteiger partial charge in [0.05, 0.1) is 17.9 Å². The lowest BCUT2D eigenvalue weighted by molar-refractivity contribution is -0.192. The van der Waals surface area contributed by atoms with E-state index in [4.69, 9.17) is 32.0 Å². The number of aromatic nitrogens is 4. The van der Waals surface area contributed by atoms with E-state index in [1.54, 1.807) is 41.7 Å². The zero-order valence-corrected chi connectivity index (χ0v) is 30.5. The quantitative estimate of drug-likeness (QED) is 0.212. The van der Waals surface area contributed by atoms with Crippen LogP contribution in [0.5, 0.6) is 0 Å². The fourth-order valence-electron chi connectivity index (χ4n) is 5.83. The van der Waals surface area contributed by atoms with E-state index < -0.39 is 35.8 Å². The lowest BCUT2D eigenvalue weighted by Gasteiger charge is -2.36. The van der Waals surface area contributed by atoms with Gasteiger partial charge in [0.1, 0.15) is 11.6 Å². The summed E-state index contributed by atoms with van der Waals surface area (Å²) in [4.78, 5) is 56.1. The van der Waals surface area contributed by atoms with Crippen LogP contribution in [0.25, 0.3) is 11.4 Å². The highest BCUT2D eigenvalue weighted by Crippen LogP contribution is 2.33. The molecule has 1 aliphatic heterocycles. The van der Waals surface area contributed by atoms with Crippen molar-refractivity contribution < 1.29 is 42.2 Å². The molecule has 3 aromatic rings. The molecule has 1 aromatic heterocycles. The standard InChI is InChI=1S/C33H40ClN9O4.C2HF3O2/c1-33(2,3)47-32(46)37-17-22-4-8-24(9-5-22)31(45)43(27-14-10-23(11-15-27)30-38-40-41-39-30)28(29(35)44)16-21-6-12-26(13-7-21)42-19-25(34)18-36-20-42;3-2(4,5)1(6)7/h6-7,10-15,18,20,22,24,28H,4-5,8-9,16-17,19H2,1-3H3,(H2,35,44)(H,37,46)(H,38,39,40,41);(H,6,7)/t22-,24-,28-;/m0./s1. The van der Waals surface area contributed by atoms with E-state index in [2.05, 4.69) is 30.9 Å². The normalized spacial score (nSPS) is 17.7.